The fourth-order valence-electron chi connectivity index (χ4n) is 3.27. The molecule has 3 aromatic rings. The first-order chi connectivity index (χ1) is 16.1. The Balaban J connectivity index is 1.67. The minimum atomic E-state index is -3.56. The van der Waals surface area contributed by atoms with E-state index < -0.39 is 21.8 Å². The number of nitrogens with one attached hydrogen (secondary N) is 2. The van der Waals surface area contributed by atoms with E-state index in [4.69, 9.17) is 11.6 Å². The van der Waals surface area contributed by atoms with Crippen LogP contribution in [-0.2, 0) is 9.84 Å². The maximum atomic E-state index is 12.9. The average Bonchev–Trinajstić information content (AvgIpc) is 3.55. The normalized spacial score (nSPS) is 14.5. The number of nitrogens with zero attached hydrogens (tertiary/aromatic N) is 5. The summed E-state index contributed by atoms with van der Waals surface area (Å²) < 4.78 is 25.3. The Bertz CT molecular complexity index is 1390. The lowest BCUT2D eigenvalue weighted by atomic mass is 10.2. The van der Waals surface area contributed by atoms with Crippen LogP contribution in [0.5, 0.6) is 0 Å². The van der Waals surface area contributed by atoms with E-state index in [0.717, 1.165) is 19.1 Å². The van der Waals surface area contributed by atoms with Crippen molar-refractivity contribution >= 4 is 33.3 Å². The van der Waals surface area contributed by atoms with Gasteiger partial charge in [0.05, 0.1) is 10.9 Å². The first-order valence-electron chi connectivity index (χ1n) is 10.4. The highest BCUT2D eigenvalue weighted by molar-refractivity contribution is 7.90. The Labute approximate surface area is 200 Å². The van der Waals surface area contributed by atoms with E-state index in [9.17, 15) is 18.0 Å². The van der Waals surface area contributed by atoms with Gasteiger partial charge in [0.2, 0.25) is 0 Å². The third-order valence-corrected chi connectivity index (χ3v) is 6.53. The van der Waals surface area contributed by atoms with Crippen LogP contribution >= 0.6 is 11.6 Å². The summed E-state index contributed by atoms with van der Waals surface area (Å²) >= 11 is 6.04. The molecule has 0 aliphatic heterocycles. The second-order valence-electron chi connectivity index (χ2n) is 8.00. The molecule has 1 fully saturated rings. The highest BCUT2D eigenvalue weighted by Gasteiger charge is 2.31. The number of rotatable bonds is 7. The van der Waals surface area contributed by atoms with Crippen molar-refractivity contribution < 1.29 is 18.0 Å². The predicted octanol–water partition coefficient (Wildman–Crippen LogP) is 1.84. The quantitative estimate of drug-likeness (QED) is 0.496. The zero-order chi connectivity index (χ0) is 24.6. The predicted molar refractivity (Wildman–Crippen MR) is 123 cm³/mol. The molecule has 34 heavy (non-hydrogen) atoms. The molecule has 1 aliphatic rings. The molecule has 1 saturated carbocycles. The Hall–Kier alpha value is -3.38. The van der Waals surface area contributed by atoms with E-state index in [1.807, 2.05) is 0 Å². The number of aromatic nitrogens is 5. The molecule has 13 heteroatoms. The molecule has 0 unspecified atom stereocenters. The largest absolute Gasteiger partial charge is 0.354 e. The molecule has 1 aliphatic carbocycles. The van der Waals surface area contributed by atoms with Gasteiger partial charge in [-0.1, -0.05) is 11.6 Å². The van der Waals surface area contributed by atoms with Crippen molar-refractivity contribution in [2.75, 3.05) is 13.3 Å². The van der Waals surface area contributed by atoms with Gasteiger partial charge in [-0.3, -0.25) is 9.59 Å². The van der Waals surface area contributed by atoms with Crippen LogP contribution in [0.1, 0.15) is 64.2 Å². The summed E-state index contributed by atoms with van der Waals surface area (Å²) in [6, 6.07) is 4.79. The van der Waals surface area contributed by atoms with Crippen LogP contribution in [0, 0.1) is 0 Å². The van der Waals surface area contributed by atoms with Gasteiger partial charge in [-0.15, -0.1) is 5.10 Å². The van der Waals surface area contributed by atoms with Gasteiger partial charge in [0.15, 0.2) is 27.3 Å². The fraction of sp³-hybridized carbons (Fsp3) is 0.333. The van der Waals surface area contributed by atoms with E-state index in [2.05, 4.69) is 30.7 Å². The highest BCUT2D eigenvalue weighted by Crippen LogP contribution is 2.38. The number of sulfone groups is 1. The number of halogens is 1. The molecule has 0 spiro atoms. The maximum absolute atomic E-state index is 12.9. The SMILES string of the molecule is CNC(=O)c1cc(-n2nc(C3CC3)nc2[C@H](C)NC(=O)c2cc(Cl)cc(S(C)(=O)=O)c2)ncn1. The summed E-state index contributed by atoms with van der Waals surface area (Å²) in [6.07, 6.45) is 4.23. The topological polar surface area (TPSA) is 149 Å². The molecule has 0 radical (unpaired) electrons. The Morgan fingerprint density at radius 2 is 1.88 bits per heavy atom. The lowest BCUT2D eigenvalue weighted by molar-refractivity contribution is 0.0935. The van der Waals surface area contributed by atoms with Crippen molar-refractivity contribution in [3.05, 3.63) is 58.5 Å². The number of amides is 2. The van der Waals surface area contributed by atoms with Crippen LogP contribution in [-0.4, -0.2) is 58.3 Å². The molecule has 2 amide bonds. The van der Waals surface area contributed by atoms with Crippen molar-refractivity contribution in [1.29, 1.82) is 0 Å². The van der Waals surface area contributed by atoms with Gasteiger partial charge in [0, 0.05) is 35.9 Å². The standard InChI is InChI=1S/C21H22ClN7O4S/c1-11(26-20(30)13-6-14(22)8-15(7-13)34(3,32)33)19-27-18(12-4-5-12)28-29(19)17-9-16(21(31)23-2)24-10-25-17/h6-12H,4-5H2,1-3H3,(H,23,31)(H,26,30)/t11-/m0/s1. The average molecular weight is 504 g/mol. The number of hydrogen-bond donors (Lipinski definition) is 2. The zero-order valence-corrected chi connectivity index (χ0v) is 20.2. The number of carbonyl (C=O) groups excluding carboxylic acids is 2. The summed E-state index contributed by atoms with van der Waals surface area (Å²) in [5.74, 6) is 0.674. The van der Waals surface area contributed by atoms with Crippen LogP contribution < -0.4 is 10.6 Å². The number of carbonyl (C=O) groups is 2. The first kappa shape index (κ1) is 23.8. The molecular formula is C21H22ClN7O4S. The van der Waals surface area contributed by atoms with Crippen LogP contribution in [0.3, 0.4) is 0 Å². The lowest BCUT2D eigenvalue weighted by Gasteiger charge is -2.15. The minimum absolute atomic E-state index is 0.0558. The van der Waals surface area contributed by atoms with E-state index in [1.54, 1.807) is 6.92 Å². The molecule has 178 valence electrons. The summed E-state index contributed by atoms with van der Waals surface area (Å²) in [7, 11) is -2.06. The molecule has 4 rings (SSSR count). The molecule has 2 aromatic heterocycles. The smallest absolute Gasteiger partial charge is 0.269 e. The molecule has 2 N–H and O–H groups in total. The maximum Gasteiger partial charge on any atom is 0.269 e. The second-order valence-corrected chi connectivity index (χ2v) is 10.4. The summed E-state index contributed by atoms with van der Waals surface area (Å²) in [6.45, 7) is 1.72. The second kappa shape index (κ2) is 9.11. The van der Waals surface area contributed by atoms with Crippen molar-refractivity contribution in [3.63, 3.8) is 0 Å². The summed E-state index contributed by atoms with van der Waals surface area (Å²) in [5, 5.41) is 10.0. The molecule has 1 atom stereocenters. The molecule has 1 aromatic carbocycles. The van der Waals surface area contributed by atoms with E-state index >= 15 is 0 Å². The Kier molecular flexibility index (Phi) is 6.36. The minimum Gasteiger partial charge on any atom is -0.354 e. The van der Waals surface area contributed by atoms with Gasteiger partial charge < -0.3 is 10.6 Å². The van der Waals surface area contributed by atoms with E-state index in [1.165, 1.54) is 42.3 Å². The van der Waals surface area contributed by atoms with E-state index in [-0.39, 0.29) is 33.0 Å². The van der Waals surface area contributed by atoms with Gasteiger partial charge in [-0.05, 0) is 38.0 Å². The monoisotopic (exact) mass is 503 g/mol. The van der Waals surface area contributed by atoms with Crippen molar-refractivity contribution in [2.45, 2.75) is 36.6 Å². The van der Waals surface area contributed by atoms with Gasteiger partial charge >= 0.3 is 0 Å². The van der Waals surface area contributed by atoms with Crippen LogP contribution in [0.25, 0.3) is 5.82 Å². The van der Waals surface area contributed by atoms with Crippen LogP contribution in [0.2, 0.25) is 5.02 Å². The van der Waals surface area contributed by atoms with E-state index in [0.29, 0.717) is 17.5 Å². The van der Waals surface area contributed by atoms with Gasteiger partial charge in [0.1, 0.15) is 12.0 Å². The molecule has 0 bridgehead atoms. The lowest BCUT2D eigenvalue weighted by Crippen LogP contribution is -2.29. The highest BCUT2D eigenvalue weighted by atomic mass is 35.5. The third kappa shape index (κ3) is 5.07. The first-order valence-corrected chi connectivity index (χ1v) is 12.7. The molecule has 0 saturated heterocycles. The number of benzene rings is 1. The van der Waals surface area contributed by atoms with Crippen molar-refractivity contribution in [2.24, 2.45) is 0 Å². The van der Waals surface area contributed by atoms with Gasteiger partial charge in [-0.25, -0.2) is 23.4 Å². The van der Waals surface area contributed by atoms with Crippen molar-refractivity contribution in [1.82, 2.24) is 35.4 Å². The van der Waals surface area contributed by atoms with Crippen LogP contribution in [0.4, 0.5) is 0 Å². The third-order valence-electron chi connectivity index (χ3n) is 5.22. The fourth-order valence-corrected chi connectivity index (χ4v) is 4.25. The zero-order valence-electron chi connectivity index (χ0n) is 18.6. The van der Waals surface area contributed by atoms with Gasteiger partial charge in [-0.2, -0.15) is 4.68 Å². The van der Waals surface area contributed by atoms with Crippen LogP contribution in [0.15, 0.2) is 35.5 Å². The molecule has 11 nitrogen and oxygen atoms in total. The molecular weight excluding hydrogens is 482 g/mol. The molecule has 2 heterocycles. The summed E-state index contributed by atoms with van der Waals surface area (Å²) in [5.41, 5.74) is 0.253. The van der Waals surface area contributed by atoms with Gasteiger partial charge in [0.25, 0.3) is 11.8 Å². The summed E-state index contributed by atoms with van der Waals surface area (Å²) in [4.78, 5) is 37.7. The van der Waals surface area contributed by atoms with Crippen molar-refractivity contribution in [3.8, 4) is 5.82 Å². The Morgan fingerprint density at radius 3 is 2.53 bits per heavy atom. The number of hydrogen-bond acceptors (Lipinski definition) is 8. The Morgan fingerprint density at radius 1 is 1.15 bits per heavy atom.